The molecule has 1 aromatic heterocycles. The van der Waals surface area contributed by atoms with Crippen molar-refractivity contribution in [2.45, 2.75) is 6.04 Å². The highest BCUT2D eigenvalue weighted by Gasteiger charge is 2.18. The lowest BCUT2D eigenvalue weighted by Gasteiger charge is -2.20. The van der Waals surface area contributed by atoms with Crippen molar-refractivity contribution in [1.82, 2.24) is 10.4 Å². The van der Waals surface area contributed by atoms with Crippen molar-refractivity contribution in [3.8, 4) is 5.75 Å². The number of rotatable bonds is 4. The van der Waals surface area contributed by atoms with Crippen LogP contribution in [0.15, 0.2) is 42.6 Å². The Kier molecular flexibility index (Phi) is 3.76. The van der Waals surface area contributed by atoms with Crippen molar-refractivity contribution in [2.24, 2.45) is 5.84 Å². The number of nitrogens with two attached hydrogens (primary N) is 2. The second-order valence-electron chi connectivity index (χ2n) is 3.82. The third-order valence-corrected chi connectivity index (χ3v) is 2.80. The molecule has 5 nitrogen and oxygen atoms in total. The predicted molar refractivity (Wildman–Crippen MR) is 70.8 cm³/mol. The van der Waals surface area contributed by atoms with Gasteiger partial charge in [-0.15, -0.1) is 0 Å². The molecule has 0 bridgehead atoms. The van der Waals surface area contributed by atoms with Crippen LogP contribution in [-0.2, 0) is 0 Å². The van der Waals surface area contributed by atoms with E-state index >= 15 is 0 Å². The molecule has 0 radical (unpaired) electrons. The molecule has 5 N–H and O–H groups in total. The lowest BCUT2D eigenvalue weighted by molar-refractivity contribution is 0.404. The summed E-state index contributed by atoms with van der Waals surface area (Å²) in [6, 6.07) is 11.1. The van der Waals surface area contributed by atoms with Gasteiger partial charge < -0.3 is 10.5 Å². The van der Waals surface area contributed by atoms with Crippen LogP contribution >= 0.6 is 0 Å². The number of pyridine rings is 1. The molecule has 0 aliphatic carbocycles. The number of ether oxygens (including phenoxy) is 1. The summed E-state index contributed by atoms with van der Waals surface area (Å²) in [5.74, 6) is 6.84. The van der Waals surface area contributed by atoms with Gasteiger partial charge in [-0.25, -0.2) is 10.4 Å². The maximum atomic E-state index is 5.88. The van der Waals surface area contributed by atoms with Crippen LogP contribution in [0.1, 0.15) is 17.2 Å². The van der Waals surface area contributed by atoms with Crippen LogP contribution in [0.4, 0.5) is 5.82 Å². The van der Waals surface area contributed by atoms with E-state index in [1.165, 1.54) is 0 Å². The summed E-state index contributed by atoms with van der Waals surface area (Å²) in [4.78, 5) is 4.07. The number of nitrogens with zero attached hydrogens (tertiary/aromatic N) is 1. The van der Waals surface area contributed by atoms with Gasteiger partial charge >= 0.3 is 0 Å². The number of hydrogen-bond acceptors (Lipinski definition) is 5. The molecule has 2 rings (SSSR count). The highest BCUT2D eigenvalue weighted by atomic mass is 16.5. The maximum absolute atomic E-state index is 5.88. The Morgan fingerprint density at radius 1 is 1.17 bits per heavy atom. The van der Waals surface area contributed by atoms with E-state index in [-0.39, 0.29) is 6.04 Å². The molecule has 0 aliphatic heterocycles. The fraction of sp³-hybridized carbons (Fsp3) is 0.154. The Bertz CT molecular complexity index is 530. The Labute approximate surface area is 106 Å². The van der Waals surface area contributed by atoms with Crippen molar-refractivity contribution in [2.75, 3.05) is 12.8 Å². The van der Waals surface area contributed by atoms with Crippen LogP contribution in [0.25, 0.3) is 0 Å². The minimum absolute atomic E-state index is 0.255. The van der Waals surface area contributed by atoms with Crippen LogP contribution in [0.2, 0.25) is 0 Å². The smallest absolute Gasteiger partial charge is 0.128 e. The van der Waals surface area contributed by atoms with Crippen molar-refractivity contribution in [1.29, 1.82) is 0 Å². The SMILES string of the molecule is COc1ccccc1C(NN)c1cccnc1N. The number of benzene rings is 1. The molecule has 0 aliphatic rings. The molecule has 5 heteroatoms. The first kappa shape index (κ1) is 12.3. The predicted octanol–water partition coefficient (Wildman–Crippen LogP) is 1.23. The number of nitrogens with one attached hydrogen (secondary N) is 1. The van der Waals surface area contributed by atoms with Crippen molar-refractivity contribution in [3.63, 3.8) is 0 Å². The molecule has 1 heterocycles. The molecule has 0 spiro atoms. The fourth-order valence-electron chi connectivity index (χ4n) is 1.93. The average Bonchev–Trinajstić information content (AvgIpc) is 2.42. The van der Waals surface area contributed by atoms with E-state index in [0.29, 0.717) is 5.82 Å². The van der Waals surface area contributed by atoms with E-state index in [2.05, 4.69) is 10.4 Å². The lowest BCUT2D eigenvalue weighted by atomic mass is 9.99. The third kappa shape index (κ3) is 2.27. The number of hydrazine groups is 1. The number of hydrogen-bond donors (Lipinski definition) is 3. The molecule has 1 aromatic carbocycles. The van der Waals surface area contributed by atoms with Gasteiger partial charge in [-0.2, -0.15) is 0 Å². The number of aromatic nitrogens is 1. The van der Waals surface area contributed by atoms with Gasteiger partial charge in [-0.05, 0) is 12.1 Å². The first-order valence-corrected chi connectivity index (χ1v) is 5.57. The van der Waals surface area contributed by atoms with E-state index in [0.717, 1.165) is 16.9 Å². The molecule has 0 saturated heterocycles. The van der Waals surface area contributed by atoms with Crippen molar-refractivity contribution < 1.29 is 4.74 Å². The molecule has 0 amide bonds. The van der Waals surface area contributed by atoms with E-state index in [1.54, 1.807) is 13.3 Å². The Morgan fingerprint density at radius 2 is 1.89 bits per heavy atom. The van der Waals surface area contributed by atoms with Gasteiger partial charge in [0.1, 0.15) is 11.6 Å². The summed E-state index contributed by atoms with van der Waals surface area (Å²) in [5.41, 5.74) is 10.4. The van der Waals surface area contributed by atoms with Crippen LogP contribution in [-0.4, -0.2) is 12.1 Å². The number of para-hydroxylation sites is 1. The summed E-state index contributed by atoms with van der Waals surface area (Å²) in [5, 5.41) is 0. The fourth-order valence-corrected chi connectivity index (χ4v) is 1.93. The minimum Gasteiger partial charge on any atom is -0.496 e. The van der Waals surface area contributed by atoms with Gasteiger partial charge in [-0.3, -0.25) is 5.84 Å². The van der Waals surface area contributed by atoms with Crippen LogP contribution in [0, 0.1) is 0 Å². The summed E-state index contributed by atoms with van der Waals surface area (Å²) < 4.78 is 5.33. The summed E-state index contributed by atoms with van der Waals surface area (Å²) in [7, 11) is 1.62. The van der Waals surface area contributed by atoms with Gasteiger partial charge in [0.05, 0.1) is 13.2 Å². The van der Waals surface area contributed by atoms with E-state index in [9.17, 15) is 0 Å². The molecule has 0 saturated carbocycles. The summed E-state index contributed by atoms with van der Waals surface area (Å²) >= 11 is 0. The van der Waals surface area contributed by atoms with E-state index in [4.69, 9.17) is 16.3 Å². The summed E-state index contributed by atoms with van der Waals surface area (Å²) in [6.45, 7) is 0. The second kappa shape index (κ2) is 5.48. The van der Waals surface area contributed by atoms with Crippen LogP contribution < -0.4 is 21.7 Å². The zero-order valence-electron chi connectivity index (χ0n) is 10.1. The van der Waals surface area contributed by atoms with E-state index in [1.807, 2.05) is 36.4 Å². The number of methoxy groups -OCH3 is 1. The maximum Gasteiger partial charge on any atom is 0.128 e. The quantitative estimate of drug-likeness (QED) is 0.556. The largest absolute Gasteiger partial charge is 0.496 e. The van der Waals surface area contributed by atoms with Gasteiger partial charge in [0.2, 0.25) is 0 Å². The highest BCUT2D eigenvalue weighted by molar-refractivity contribution is 5.49. The summed E-state index contributed by atoms with van der Waals surface area (Å²) in [6.07, 6.45) is 1.65. The number of anilines is 1. The van der Waals surface area contributed by atoms with Crippen LogP contribution in [0.5, 0.6) is 5.75 Å². The Hall–Kier alpha value is -2.11. The second-order valence-corrected chi connectivity index (χ2v) is 3.82. The Balaban J connectivity index is 2.49. The zero-order valence-corrected chi connectivity index (χ0v) is 10.1. The van der Waals surface area contributed by atoms with Gasteiger partial charge in [-0.1, -0.05) is 24.3 Å². The third-order valence-electron chi connectivity index (χ3n) is 2.80. The minimum atomic E-state index is -0.255. The normalized spacial score (nSPS) is 12.1. The topological polar surface area (TPSA) is 86.2 Å². The van der Waals surface area contributed by atoms with Crippen molar-refractivity contribution >= 4 is 5.82 Å². The molecular weight excluding hydrogens is 228 g/mol. The van der Waals surface area contributed by atoms with Crippen LogP contribution in [0.3, 0.4) is 0 Å². The number of nitrogen functional groups attached to an aromatic ring is 1. The van der Waals surface area contributed by atoms with Gasteiger partial charge in [0.25, 0.3) is 0 Å². The van der Waals surface area contributed by atoms with Gasteiger partial charge in [0.15, 0.2) is 0 Å². The molecular formula is C13H16N4O. The van der Waals surface area contributed by atoms with Gasteiger partial charge in [0, 0.05) is 17.3 Å². The van der Waals surface area contributed by atoms with E-state index < -0.39 is 0 Å². The Morgan fingerprint density at radius 3 is 2.56 bits per heavy atom. The zero-order chi connectivity index (χ0) is 13.0. The highest BCUT2D eigenvalue weighted by Crippen LogP contribution is 2.30. The molecule has 2 aromatic rings. The monoisotopic (exact) mass is 244 g/mol. The first-order chi connectivity index (χ1) is 8.77. The molecule has 18 heavy (non-hydrogen) atoms. The average molecular weight is 244 g/mol. The lowest BCUT2D eigenvalue weighted by Crippen LogP contribution is -2.30. The molecule has 1 atom stereocenters. The molecule has 0 fully saturated rings. The molecule has 1 unspecified atom stereocenters. The molecule has 94 valence electrons. The first-order valence-electron chi connectivity index (χ1n) is 5.57. The van der Waals surface area contributed by atoms with Crippen molar-refractivity contribution in [3.05, 3.63) is 53.7 Å². The standard InChI is InChI=1S/C13H16N4O/c1-18-11-7-3-2-5-9(11)12(17-15)10-6-4-8-16-13(10)14/h2-8,12,17H,15H2,1H3,(H2,14,16).